The summed E-state index contributed by atoms with van der Waals surface area (Å²) in [5.41, 5.74) is 3.75. The summed E-state index contributed by atoms with van der Waals surface area (Å²) in [5, 5.41) is 3.76. The third-order valence-corrected chi connectivity index (χ3v) is 6.51. The Morgan fingerprint density at radius 1 is 1.14 bits per heavy atom. The van der Waals surface area contributed by atoms with E-state index in [0.29, 0.717) is 40.0 Å². The van der Waals surface area contributed by atoms with Crippen molar-refractivity contribution in [1.82, 2.24) is 4.90 Å². The molecule has 0 radical (unpaired) electrons. The highest BCUT2D eigenvalue weighted by molar-refractivity contribution is 5.85. The van der Waals surface area contributed by atoms with Crippen molar-refractivity contribution in [2.75, 3.05) is 18.4 Å². The molecule has 1 N–H and O–H groups in total. The van der Waals surface area contributed by atoms with Gasteiger partial charge in [-0.1, -0.05) is 24.3 Å². The molecule has 2 aromatic carbocycles. The maximum atomic E-state index is 13.1. The van der Waals surface area contributed by atoms with Crippen LogP contribution in [0.5, 0.6) is 0 Å². The summed E-state index contributed by atoms with van der Waals surface area (Å²) in [6.07, 6.45) is -1.47. The molecule has 184 valence electrons. The number of alkyl halides is 3. The molecule has 1 aliphatic heterocycles. The third-order valence-electron chi connectivity index (χ3n) is 6.51. The van der Waals surface area contributed by atoms with Crippen molar-refractivity contribution in [2.24, 2.45) is 0 Å². The second kappa shape index (κ2) is 9.70. The molecule has 0 bridgehead atoms. The molecular weight excluding hydrogens is 457 g/mol. The lowest BCUT2D eigenvalue weighted by Crippen LogP contribution is -2.45. The van der Waals surface area contributed by atoms with Crippen LogP contribution < -0.4 is 10.7 Å². The zero-order valence-corrected chi connectivity index (χ0v) is 19.8. The molecule has 3 aromatic rings. The summed E-state index contributed by atoms with van der Waals surface area (Å²) in [7, 11) is 0. The third kappa shape index (κ3) is 5.17. The quantitative estimate of drug-likeness (QED) is 0.427. The number of benzene rings is 2. The van der Waals surface area contributed by atoms with Crippen LogP contribution in [0.3, 0.4) is 0 Å². The summed E-state index contributed by atoms with van der Waals surface area (Å²) in [4.78, 5) is 25.8. The number of carbonyl (C=O) groups is 1. The van der Waals surface area contributed by atoms with Crippen LogP contribution in [0, 0.1) is 6.92 Å². The highest BCUT2D eigenvalue weighted by Crippen LogP contribution is 2.33. The van der Waals surface area contributed by atoms with Crippen molar-refractivity contribution >= 4 is 28.5 Å². The van der Waals surface area contributed by atoms with Crippen molar-refractivity contribution in [2.45, 2.75) is 45.5 Å². The number of aryl methyl sites for hydroxylation is 1. The van der Waals surface area contributed by atoms with Gasteiger partial charge in [0.2, 0.25) is 0 Å². The smallest absolute Gasteiger partial charge is 0.403 e. The summed E-state index contributed by atoms with van der Waals surface area (Å²) < 4.78 is 45.5. The normalized spacial score (nSPS) is 16.6. The van der Waals surface area contributed by atoms with Gasteiger partial charge in [-0.2, -0.15) is 13.2 Å². The van der Waals surface area contributed by atoms with Gasteiger partial charge in [-0.05, 0) is 56.5 Å². The van der Waals surface area contributed by atoms with Gasteiger partial charge < -0.3 is 9.73 Å². The fraction of sp³-hybridized carbons (Fsp3) is 0.333. The maximum Gasteiger partial charge on any atom is 0.403 e. The minimum absolute atomic E-state index is 0.124. The number of aldehydes is 1. The van der Waals surface area contributed by atoms with Crippen LogP contribution in [0.2, 0.25) is 0 Å². The van der Waals surface area contributed by atoms with Gasteiger partial charge in [0.1, 0.15) is 17.4 Å². The Morgan fingerprint density at radius 3 is 2.54 bits per heavy atom. The highest BCUT2D eigenvalue weighted by atomic mass is 19.4. The first-order chi connectivity index (χ1) is 16.6. The Hall–Kier alpha value is -3.39. The molecule has 2 unspecified atom stereocenters. The number of fused-ring (bicyclic) bond motifs is 1. The highest BCUT2D eigenvalue weighted by Gasteiger charge is 2.40. The van der Waals surface area contributed by atoms with Gasteiger partial charge in [-0.25, -0.2) is 0 Å². The molecule has 0 spiro atoms. The number of halogens is 3. The zero-order valence-electron chi connectivity index (χ0n) is 19.8. The first-order valence-electron chi connectivity index (χ1n) is 11.5. The average molecular weight is 485 g/mol. The molecule has 2 heterocycles. The van der Waals surface area contributed by atoms with E-state index in [1.165, 1.54) is 11.0 Å². The molecule has 0 fully saturated rings. The summed E-state index contributed by atoms with van der Waals surface area (Å²) >= 11 is 0. The van der Waals surface area contributed by atoms with Crippen LogP contribution in [0.25, 0.3) is 16.5 Å². The van der Waals surface area contributed by atoms with E-state index < -0.39 is 12.2 Å². The minimum atomic E-state index is -4.29. The van der Waals surface area contributed by atoms with Gasteiger partial charge in [0, 0.05) is 36.0 Å². The van der Waals surface area contributed by atoms with E-state index in [0.717, 1.165) is 24.3 Å². The minimum Gasteiger partial charge on any atom is -0.456 e. The second-order valence-corrected chi connectivity index (χ2v) is 8.97. The standard InChI is InChI=1S/C27H27F3N2O3/c1-16-12-21(17(2)31-23-7-5-4-6-20(23)15-33)26-22(13-16)24(34)14-25(35-26)19-8-10-32(11-9-19)18(3)27(28,29)30/h4-8,12-15,17-18,31H,9-11H2,1-3H3. The number of nitrogens with one attached hydrogen (secondary N) is 1. The monoisotopic (exact) mass is 484 g/mol. The van der Waals surface area contributed by atoms with E-state index in [4.69, 9.17) is 4.42 Å². The second-order valence-electron chi connectivity index (χ2n) is 8.97. The van der Waals surface area contributed by atoms with Crippen molar-refractivity contribution in [3.63, 3.8) is 0 Å². The molecule has 8 heteroatoms. The lowest BCUT2D eigenvalue weighted by atomic mass is 9.99. The van der Waals surface area contributed by atoms with E-state index in [2.05, 4.69) is 5.32 Å². The van der Waals surface area contributed by atoms with Crippen molar-refractivity contribution in [1.29, 1.82) is 0 Å². The van der Waals surface area contributed by atoms with Crippen LogP contribution in [-0.4, -0.2) is 36.5 Å². The number of anilines is 1. The van der Waals surface area contributed by atoms with Crippen LogP contribution in [0.4, 0.5) is 18.9 Å². The molecule has 1 aromatic heterocycles. The molecule has 4 rings (SSSR count). The topological polar surface area (TPSA) is 62.6 Å². The van der Waals surface area contributed by atoms with E-state index >= 15 is 0 Å². The Balaban J connectivity index is 1.71. The number of rotatable bonds is 6. The molecule has 0 amide bonds. The number of nitrogens with zero attached hydrogens (tertiary/aromatic N) is 1. The van der Waals surface area contributed by atoms with E-state index in [1.54, 1.807) is 30.3 Å². The summed E-state index contributed by atoms with van der Waals surface area (Å²) in [5.74, 6) is 0.368. The van der Waals surface area contributed by atoms with Gasteiger partial charge in [0.25, 0.3) is 0 Å². The number of hydrogen-bond donors (Lipinski definition) is 1. The Bertz CT molecular complexity index is 1340. The van der Waals surface area contributed by atoms with Gasteiger partial charge >= 0.3 is 6.18 Å². The average Bonchev–Trinajstić information content (AvgIpc) is 2.83. The molecule has 0 saturated heterocycles. The Morgan fingerprint density at radius 2 is 1.89 bits per heavy atom. The predicted octanol–water partition coefficient (Wildman–Crippen LogP) is 6.13. The van der Waals surface area contributed by atoms with Crippen LogP contribution in [0.1, 0.15) is 53.6 Å². The fourth-order valence-electron chi connectivity index (χ4n) is 4.42. The maximum absolute atomic E-state index is 13.1. The van der Waals surface area contributed by atoms with Crippen molar-refractivity contribution in [3.8, 4) is 0 Å². The largest absolute Gasteiger partial charge is 0.456 e. The van der Waals surface area contributed by atoms with E-state index in [9.17, 15) is 22.8 Å². The molecule has 35 heavy (non-hydrogen) atoms. The molecule has 0 aliphatic carbocycles. The first kappa shape index (κ1) is 24.7. The molecule has 0 saturated carbocycles. The molecular formula is C27H27F3N2O3. The zero-order chi connectivity index (χ0) is 25.3. The van der Waals surface area contributed by atoms with E-state index in [-0.39, 0.29) is 24.6 Å². The van der Waals surface area contributed by atoms with E-state index in [1.807, 2.05) is 26.0 Å². The molecule has 5 nitrogen and oxygen atoms in total. The van der Waals surface area contributed by atoms with Crippen molar-refractivity contribution in [3.05, 3.63) is 81.2 Å². The van der Waals surface area contributed by atoms with Crippen LogP contribution in [0.15, 0.2) is 57.8 Å². The molecule has 1 aliphatic rings. The SMILES string of the molecule is Cc1cc(C(C)Nc2ccccc2C=O)c2oc(C3=CCN(C(C)C(F)(F)F)CC3)cc(=O)c2c1. The number of carbonyl (C=O) groups excluding carboxylic acids is 1. The Kier molecular flexibility index (Phi) is 6.85. The number of hydrogen-bond acceptors (Lipinski definition) is 5. The van der Waals surface area contributed by atoms with Gasteiger partial charge in [0.15, 0.2) is 11.7 Å². The van der Waals surface area contributed by atoms with Crippen LogP contribution in [-0.2, 0) is 0 Å². The van der Waals surface area contributed by atoms with Crippen molar-refractivity contribution < 1.29 is 22.4 Å². The fourth-order valence-corrected chi connectivity index (χ4v) is 4.42. The lowest BCUT2D eigenvalue weighted by molar-refractivity contribution is -0.177. The molecule has 2 atom stereocenters. The van der Waals surface area contributed by atoms with Crippen LogP contribution >= 0.6 is 0 Å². The number of para-hydroxylation sites is 1. The van der Waals surface area contributed by atoms with Gasteiger partial charge in [0.05, 0.1) is 11.4 Å². The lowest BCUT2D eigenvalue weighted by Gasteiger charge is -2.32. The Labute approximate surface area is 201 Å². The predicted molar refractivity (Wildman–Crippen MR) is 131 cm³/mol. The van der Waals surface area contributed by atoms with Gasteiger partial charge in [-0.15, -0.1) is 0 Å². The van der Waals surface area contributed by atoms with Gasteiger partial charge in [-0.3, -0.25) is 14.5 Å². The summed E-state index contributed by atoms with van der Waals surface area (Å²) in [6.45, 7) is 5.30. The first-order valence-corrected chi connectivity index (χ1v) is 11.5. The summed E-state index contributed by atoms with van der Waals surface area (Å²) in [6, 6.07) is 10.4.